The lowest BCUT2D eigenvalue weighted by Crippen LogP contribution is -2.51. The first kappa shape index (κ1) is 19.5. The Hall–Kier alpha value is -2.81. The number of pyridine rings is 1. The first-order valence-corrected chi connectivity index (χ1v) is 9.75. The van der Waals surface area contributed by atoms with Gasteiger partial charge < -0.3 is 16.2 Å². The number of aliphatic carboxylic acids is 1. The molecule has 2 aromatic heterocycles. The number of anilines is 2. The zero-order valence-corrected chi connectivity index (χ0v) is 16.2. The smallest absolute Gasteiger partial charge is 0.308 e. The van der Waals surface area contributed by atoms with Gasteiger partial charge in [-0.25, -0.2) is 19.3 Å². The van der Waals surface area contributed by atoms with Crippen LogP contribution in [0.3, 0.4) is 0 Å². The predicted molar refractivity (Wildman–Crippen MR) is 106 cm³/mol. The van der Waals surface area contributed by atoms with Crippen LogP contribution in [-0.4, -0.2) is 37.8 Å². The van der Waals surface area contributed by atoms with E-state index in [0.29, 0.717) is 0 Å². The highest BCUT2D eigenvalue weighted by molar-refractivity contribution is 6.32. The minimum Gasteiger partial charge on any atom is -0.481 e. The maximum atomic E-state index is 13.5. The van der Waals surface area contributed by atoms with Crippen LogP contribution in [-0.2, 0) is 4.79 Å². The molecule has 0 aromatic carbocycles. The Kier molecular flexibility index (Phi) is 5.08. The molecule has 2 aromatic rings. The Morgan fingerprint density at radius 3 is 2.62 bits per heavy atom. The van der Waals surface area contributed by atoms with E-state index in [9.17, 15) is 14.3 Å². The Balaban J connectivity index is 1.64. The van der Waals surface area contributed by atoms with Crippen molar-refractivity contribution in [3.63, 3.8) is 0 Å². The molecule has 3 aliphatic carbocycles. The summed E-state index contributed by atoms with van der Waals surface area (Å²) in [6.07, 6.45) is 6.05. The second-order valence-corrected chi connectivity index (χ2v) is 7.97. The predicted octanol–water partition coefficient (Wildman–Crippen LogP) is 2.96. The number of nitrogen functional groups attached to an aromatic ring is 1. The molecule has 2 bridgehead atoms. The maximum Gasteiger partial charge on any atom is 0.308 e. The molecule has 0 amide bonds. The van der Waals surface area contributed by atoms with Gasteiger partial charge in [-0.2, -0.15) is 0 Å². The molecule has 3 fully saturated rings. The van der Waals surface area contributed by atoms with Crippen LogP contribution in [0.15, 0.2) is 18.5 Å². The highest BCUT2D eigenvalue weighted by Crippen LogP contribution is 2.46. The van der Waals surface area contributed by atoms with E-state index in [1.807, 2.05) is 0 Å². The van der Waals surface area contributed by atoms with Crippen molar-refractivity contribution in [2.45, 2.75) is 31.7 Å². The minimum atomic E-state index is -0.825. The molecule has 0 spiro atoms. The SMILES string of the molecule is N=C(c1ncc(Cl)c(N[C@H]2C3CCC(CC3)C2C(=O)O)n1)c1cc(F)cnc1N. The summed E-state index contributed by atoms with van der Waals surface area (Å²) in [7, 11) is 0. The number of hydrogen-bond acceptors (Lipinski definition) is 7. The first-order chi connectivity index (χ1) is 13.8. The van der Waals surface area contributed by atoms with Crippen molar-refractivity contribution in [2.24, 2.45) is 17.8 Å². The van der Waals surface area contributed by atoms with E-state index in [1.165, 1.54) is 6.20 Å². The molecule has 0 saturated heterocycles. The van der Waals surface area contributed by atoms with Gasteiger partial charge in [0.25, 0.3) is 0 Å². The second kappa shape index (κ2) is 7.55. The monoisotopic (exact) mass is 418 g/mol. The van der Waals surface area contributed by atoms with Gasteiger partial charge in [0, 0.05) is 11.6 Å². The Morgan fingerprint density at radius 2 is 1.93 bits per heavy atom. The average molecular weight is 419 g/mol. The molecule has 3 saturated carbocycles. The van der Waals surface area contributed by atoms with Crippen molar-refractivity contribution in [1.29, 1.82) is 5.41 Å². The molecule has 3 aliphatic rings. The molecule has 29 heavy (non-hydrogen) atoms. The number of nitrogens with two attached hydrogens (primary N) is 1. The number of hydrogen-bond donors (Lipinski definition) is 4. The summed E-state index contributed by atoms with van der Waals surface area (Å²) in [5.74, 6) is -1.39. The second-order valence-electron chi connectivity index (χ2n) is 7.56. The van der Waals surface area contributed by atoms with E-state index in [4.69, 9.17) is 22.7 Å². The third kappa shape index (κ3) is 3.62. The van der Waals surface area contributed by atoms with Crippen molar-refractivity contribution >= 4 is 34.9 Å². The minimum absolute atomic E-state index is 0.0103. The van der Waals surface area contributed by atoms with Crippen molar-refractivity contribution in [3.8, 4) is 0 Å². The highest BCUT2D eigenvalue weighted by atomic mass is 35.5. The van der Waals surface area contributed by atoms with Gasteiger partial charge in [-0.3, -0.25) is 10.2 Å². The summed E-state index contributed by atoms with van der Waals surface area (Å²) in [6.45, 7) is 0. The van der Waals surface area contributed by atoms with Crippen LogP contribution in [0.2, 0.25) is 5.02 Å². The van der Waals surface area contributed by atoms with E-state index < -0.39 is 17.7 Å². The molecular weight excluding hydrogens is 399 g/mol. The number of nitrogens with zero attached hydrogens (tertiary/aromatic N) is 3. The van der Waals surface area contributed by atoms with Crippen LogP contribution in [0.25, 0.3) is 0 Å². The number of aromatic nitrogens is 3. The van der Waals surface area contributed by atoms with Crippen molar-refractivity contribution in [2.75, 3.05) is 11.1 Å². The molecule has 152 valence electrons. The lowest BCUT2D eigenvalue weighted by Gasteiger charge is -2.47. The van der Waals surface area contributed by atoms with Crippen LogP contribution in [0.5, 0.6) is 0 Å². The first-order valence-electron chi connectivity index (χ1n) is 9.37. The third-order valence-electron chi connectivity index (χ3n) is 5.93. The van der Waals surface area contributed by atoms with Gasteiger partial charge in [-0.1, -0.05) is 11.6 Å². The zero-order chi connectivity index (χ0) is 20.7. The van der Waals surface area contributed by atoms with Crippen LogP contribution in [0.1, 0.15) is 37.1 Å². The molecule has 1 unspecified atom stereocenters. The summed E-state index contributed by atoms with van der Waals surface area (Å²) in [5.41, 5.74) is 5.62. The molecular formula is C19H20ClFN6O2. The van der Waals surface area contributed by atoms with Gasteiger partial charge in [0.05, 0.1) is 18.3 Å². The number of fused-ring (bicyclic) bond motifs is 3. The number of halogens is 2. The summed E-state index contributed by atoms with van der Waals surface area (Å²) >= 11 is 6.25. The van der Waals surface area contributed by atoms with E-state index >= 15 is 0 Å². The van der Waals surface area contributed by atoms with Crippen molar-refractivity contribution in [1.82, 2.24) is 15.0 Å². The summed E-state index contributed by atoms with van der Waals surface area (Å²) in [4.78, 5) is 23.9. The largest absolute Gasteiger partial charge is 0.481 e. The number of rotatable bonds is 5. The molecule has 5 rings (SSSR count). The van der Waals surface area contributed by atoms with Gasteiger partial charge in [-0.15, -0.1) is 0 Å². The van der Waals surface area contributed by atoms with E-state index in [2.05, 4.69) is 20.3 Å². The van der Waals surface area contributed by atoms with Crippen LogP contribution < -0.4 is 11.1 Å². The van der Waals surface area contributed by atoms with Gasteiger partial charge >= 0.3 is 5.97 Å². The normalized spacial score (nSPS) is 25.6. The average Bonchev–Trinajstić information content (AvgIpc) is 2.71. The van der Waals surface area contributed by atoms with Gasteiger partial charge in [-0.05, 0) is 43.6 Å². The molecule has 0 aliphatic heterocycles. The number of carbonyl (C=O) groups is 1. The molecule has 8 nitrogen and oxygen atoms in total. The zero-order valence-electron chi connectivity index (χ0n) is 15.4. The van der Waals surface area contributed by atoms with E-state index in [-0.39, 0.29) is 51.6 Å². The standard InChI is InChI=1S/C19H20ClFN6O2/c20-12-7-25-18(14(22)11-5-10(21)6-24-16(11)23)27-17(12)26-15-9-3-1-8(2-4-9)13(15)19(28)29/h5-9,13,15,22H,1-4H2,(H2,23,24)(H,28,29)(H,25,26,27)/t8?,9?,13?,15-/m0/s1. The van der Waals surface area contributed by atoms with Crippen molar-refractivity contribution < 1.29 is 14.3 Å². The molecule has 10 heteroatoms. The van der Waals surface area contributed by atoms with Crippen LogP contribution in [0, 0.1) is 29.0 Å². The Morgan fingerprint density at radius 1 is 1.24 bits per heavy atom. The quantitative estimate of drug-likeness (QED) is 0.547. The number of nitrogens with one attached hydrogen (secondary N) is 2. The summed E-state index contributed by atoms with van der Waals surface area (Å²) in [6, 6.07) is 0.798. The fraction of sp³-hybridized carbons (Fsp3) is 0.421. The number of carboxylic acids is 1. The Labute approximate surface area is 171 Å². The van der Waals surface area contributed by atoms with Crippen LogP contribution >= 0.6 is 11.6 Å². The third-order valence-corrected chi connectivity index (χ3v) is 6.21. The fourth-order valence-corrected chi connectivity index (χ4v) is 4.68. The lowest BCUT2D eigenvalue weighted by atomic mass is 9.61. The van der Waals surface area contributed by atoms with Gasteiger partial charge in [0.2, 0.25) is 0 Å². The topological polar surface area (TPSA) is 138 Å². The maximum absolute atomic E-state index is 13.5. The summed E-state index contributed by atoms with van der Waals surface area (Å²) < 4.78 is 13.5. The van der Waals surface area contributed by atoms with Crippen molar-refractivity contribution in [3.05, 3.63) is 40.7 Å². The van der Waals surface area contributed by atoms with E-state index in [1.54, 1.807) is 0 Å². The molecule has 5 N–H and O–H groups in total. The highest BCUT2D eigenvalue weighted by Gasteiger charge is 2.47. The Bertz CT molecular complexity index is 979. The fourth-order valence-electron chi connectivity index (χ4n) is 4.53. The summed E-state index contributed by atoms with van der Waals surface area (Å²) in [5, 5.41) is 21.5. The van der Waals surface area contributed by atoms with Gasteiger partial charge in [0.1, 0.15) is 28.2 Å². The molecule has 0 radical (unpaired) electrons. The van der Waals surface area contributed by atoms with Gasteiger partial charge in [0.15, 0.2) is 5.82 Å². The number of carboxylic acid groups (broad SMARTS) is 1. The lowest BCUT2D eigenvalue weighted by molar-refractivity contribution is -0.148. The molecule has 2 atom stereocenters. The van der Waals surface area contributed by atoms with Crippen LogP contribution in [0.4, 0.5) is 16.0 Å². The molecule has 2 heterocycles. The van der Waals surface area contributed by atoms with E-state index in [0.717, 1.165) is 37.9 Å².